The summed E-state index contributed by atoms with van der Waals surface area (Å²) in [6, 6.07) is 14.9. The normalized spacial score (nSPS) is 24.1. The minimum atomic E-state index is -0.686. The summed E-state index contributed by atoms with van der Waals surface area (Å²) < 4.78 is 13.9. The first-order valence-electron chi connectivity index (χ1n) is 9.58. The first-order valence-corrected chi connectivity index (χ1v) is 9.58. The van der Waals surface area contributed by atoms with Gasteiger partial charge in [-0.2, -0.15) is 0 Å². The van der Waals surface area contributed by atoms with Gasteiger partial charge in [-0.3, -0.25) is 9.59 Å². The van der Waals surface area contributed by atoms with Crippen molar-refractivity contribution in [1.82, 2.24) is 10.2 Å². The molecule has 2 amide bonds. The van der Waals surface area contributed by atoms with Crippen LogP contribution in [0.2, 0.25) is 0 Å². The van der Waals surface area contributed by atoms with Gasteiger partial charge < -0.3 is 15.3 Å². The fourth-order valence-corrected chi connectivity index (χ4v) is 4.34. The third-order valence-electron chi connectivity index (χ3n) is 6.02. The van der Waals surface area contributed by atoms with Crippen LogP contribution in [0.25, 0.3) is 0 Å². The topological polar surface area (TPSA) is 69.6 Å². The Balaban J connectivity index is 1.45. The number of halogens is 1. The SMILES string of the molecule is O=C(c1ccccc1F)N1CCC2(CC1)C[C@@H](O)[C@H](c1ccccc1)NC2=O. The molecule has 2 aromatic rings. The molecule has 2 fully saturated rings. The summed E-state index contributed by atoms with van der Waals surface area (Å²) in [5, 5.41) is 13.7. The van der Waals surface area contributed by atoms with Gasteiger partial charge in [0.25, 0.3) is 5.91 Å². The number of nitrogens with zero attached hydrogens (tertiary/aromatic N) is 1. The van der Waals surface area contributed by atoms with E-state index in [-0.39, 0.29) is 17.4 Å². The summed E-state index contributed by atoms with van der Waals surface area (Å²) in [5.41, 5.74) is 0.248. The van der Waals surface area contributed by atoms with E-state index in [1.165, 1.54) is 12.1 Å². The molecule has 2 heterocycles. The number of carbonyl (C=O) groups excluding carboxylic acids is 2. The van der Waals surface area contributed by atoms with Gasteiger partial charge >= 0.3 is 0 Å². The zero-order valence-corrected chi connectivity index (χ0v) is 15.5. The molecule has 6 heteroatoms. The third kappa shape index (κ3) is 3.29. The van der Waals surface area contributed by atoms with E-state index in [0.29, 0.717) is 32.4 Å². The fraction of sp³-hybridized carbons (Fsp3) is 0.364. The van der Waals surface area contributed by atoms with Crippen molar-refractivity contribution in [3.63, 3.8) is 0 Å². The first-order chi connectivity index (χ1) is 13.5. The monoisotopic (exact) mass is 382 g/mol. The Kier molecular flexibility index (Phi) is 4.89. The smallest absolute Gasteiger partial charge is 0.256 e. The lowest BCUT2D eigenvalue weighted by Crippen LogP contribution is -2.57. The fourth-order valence-electron chi connectivity index (χ4n) is 4.34. The molecule has 2 atom stereocenters. The summed E-state index contributed by atoms with van der Waals surface area (Å²) in [6.07, 6.45) is 0.587. The number of amides is 2. The van der Waals surface area contributed by atoms with E-state index in [1.807, 2.05) is 30.3 Å². The molecule has 28 heavy (non-hydrogen) atoms. The summed E-state index contributed by atoms with van der Waals surface area (Å²) >= 11 is 0. The summed E-state index contributed by atoms with van der Waals surface area (Å²) in [7, 11) is 0. The largest absolute Gasteiger partial charge is 0.391 e. The van der Waals surface area contributed by atoms with Crippen molar-refractivity contribution in [3.8, 4) is 0 Å². The molecule has 146 valence electrons. The second kappa shape index (κ2) is 7.36. The maximum Gasteiger partial charge on any atom is 0.256 e. The standard InChI is InChI=1S/C22H23FN2O3/c23-17-9-5-4-8-16(17)20(27)25-12-10-22(11-13-25)14-18(26)19(24-21(22)28)15-6-2-1-3-7-15/h1-9,18-19,26H,10-14H2,(H,24,28)/t18-,19+/m1/s1. The van der Waals surface area contributed by atoms with Crippen LogP contribution in [-0.2, 0) is 4.79 Å². The van der Waals surface area contributed by atoms with Crippen molar-refractivity contribution < 1.29 is 19.1 Å². The Morgan fingerprint density at radius 2 is 1.71 bits per heavy atom. The number of benzene rings is 2. The van der Waals surface area contributed by atoms with Crippen LogP contribution in [0.5, 0.6) is 0 Å². The van der Waals surface area contributed by atoms with Gasteiger partial charge in [0.15, 0.2) is 0 Å². The van der Waals surface area contributed by atoms with E-state index in [9.17, 15) is 19.1 Å². The molecule has 2 N–H and O–H groups in total. The Bertz CT molecular complexity index is 878. The Morgan fingerprint density at radius 3 is 2.39 bits per heavy atom. The molecule has 0 aliphatic carbocycles. The van der Waals surface area contributed by atoms with Crippen LogP contribution in [0.15, 0.2) is 54.6 Å². The van der Waals surface area contributed by atoms with Crippen molar-refractivity contribution in [2.24, 2.45) is 5.41 Å². The second-order valence-corrected chi connectivity index (χ2v) is 7.69. The van der Waals surface area contributed by atoms with Gasteiger partial charge in [-0.15, -0.1) is 0 Å². The van der Waals surface area contributed by atoms with Crippen molar-refractivity contribution in [3.05, 3.63) is 71.5 Å². The maximum absolute atomic E-state index is 13.9. The van der Waals surface area contributed by atoms with Crippen molar-refractivity contribution in [1.29, 1.82) is 0 Å². The van der Waals surface area contributed by atoms with Gasteiger partial charge in [0.2, 0.25) is 5.91 Å². The lowest BCUT2D eigenvalue weighted by atomic mass is 9.69. The number of aliphatic hydroxyl groups excluding tert-OH is 1. The third-order valence-corrected chi connectivity index (χ3v) is 6.02. The number of aliphatic hydroxyl groups is 1. The lowest BCUT2D eigenvalue weighted by molar-refractivity contribution is -0.143. The summed E-state index contributed by atoms with van der Waals surface area (Å²) in [6.45, 7) is 0.729. The highest BCUT2D eigenvalue weighted by atomic mass is 19.1. The molecule has 4 rings (SSSR count). The highest BCUT2D eigenvalue weighted by molar-refractivity contribution is 5.94. The van der Waals surface area contributed by atoms with E-state index in [2.05, 4.69) is 5.32 Å². The highest BCUT2D eigenvalue weighted by Gasteiger charge is 2.49. The zero-order valence-electron chi connectivity index (χ0n) is 15.5. The van der Waals surface area contributed by atoms with Crippen LogP contribution in [0.4, 0.5) is 4.39 Å². The molecule has 0 unspecified atom stereocenters. The molecule has 5 nitrogen and oxygen atoms in total. The van der Waals surface area contributed by atoms with Crippen molar-refractivity contribution >= 4 is 11.8 Å². The summed E-state index contributed by atoms with van der Waals surface area (Å²) in [5.74, 6) is -0.971. The Morgan fingerprint density at radius 1 is 1.07 bits per heavy atom. The van der Waals surface area contributed by atoms with Crippen molar-refractivity contribution in [2.45, 2.75) is 31.4 Å². The van der Waals surface area contributed by atoms with Gasteiger partial charge in [-0.1, -0.05) is 42.5 Å². The van der Waals surface area contributed by atoms with E-state index in [4.69, 9.17) is 0 Å². The number of hydrogen-bond donors (Lipinski definition) is 2. The van der Waals surface area contributed by atoms with Gasteiger partial charge in [-0.25, -0.2) is 4.39 Å². The van der Waals surface area contributed by atoms with Gasteiger partial charge in [0, 0.05) is 13.1 Å². The van der Waals surface area contributed by atoms with Crippen LogP contribution >= 0.6 is 0 Å². The minimum Gasteiger partial charge on any atom is -0.391 e. The quantitative estimate of drug-likeness (QED) is 0.839. The number of rotatable bonds is 2. The molecular formula is C22H23FN2O3. The van der Waals surface area contributed by atoms with Gasteiger partial charge in [-0.05, 0) is 37.0 Å². The predicted molar refractivity (Wildman–Crippen MR) is 102 cm³/mol. The first kappa shape index (κ1) is 18.6. The molecule has 0 aromatic heterocycles. The van der Waals surface area contributed by atoms with Crippen LogP contribution in [-0.4, -0.2) is 41.0 Å². The second-order valence-electron chi connectivity index (χ2n) is 7.69. The molecule has 2 aliphatic heterocycles. The van der Waals surface area contributed by atoms with E-state index in [0.717, 1.165) is 5.56 Å². The average molecular weight is 382 g/mol. The molecule has 0 saturated carbocycles. The molecule has 2 aromatic carbocycles. The van der Waals surface area contributed by atoms with Crippen molar-refractivity contribution in [2.75, 3.05) is 13.1 Å². The molecule has 2 aliphatic rings. The number of nitrogens with one attached hydrogen (secondary N) is 1. The molecular weight excluding hydrogens is 359 g/mol. The van der Waals surface area contributed by atoms with E-state index in [1.54, 1.807) is 17.0 Å². The summed E-state index contributed by atoms with van der Waals surface area (Å²) in [4.78, 5) is 27.1. The number of hydrogen-bond acceptors (Lipinski definition) is 3. The number of carbonyl (C=O) groups is 2. The van der Waals surface area contributed by atoms with E-state index >= 15 is 0 Å². The minimum absolute atomic E-state index is 0.0516. The molecule has 0 radical (unpaired) electrons. The van der Waals surface area contributed by atoms with E-state index < -0.39 is 23.4 Å². The average Bonchev–Trinajstić information content (AvgIpc) is 2.72. The Hall–Kier alpha value is -2.73. The molecule has 0 bridgehead atoms. The number of piperidine rings is 2. The Labute approximate surface area is 163 Å². The van der Waals surface area contributed by atoms with Crippen LogP contribution < -0.4 is 5.32 Å². The number of likely N-dealkylation sites (tertiary alicyclic amines) is 1. The lowest BCUT2D eigenvalue weighted by Gasteiger charge is -2.46. The molecule has 2 saturated heterocycles. The predicted octanol–water partition coefficient (Wildman–Crippen LogP) is 2.67. The van der Waals surface area contributed by atoms with Crippen LogP contribution in [0, 0.1) is 11.2 Å². The maximum atomic E-state index is 13.9. The molecule has 1 spiro atoms. The van der Waals surface area contributed by atoms with Crippen LogP contribution in [0.3, 0.4) is 0 Å². The highest BCUT2D eigenvalue weighted by Crippen LogP contribution is 2.42. The van der Waals surface area contributed by atoms with Gasteiger partial charge in [0.05, 0.1) is 23.1 Å². The zero-order chi connectivity index (χ0) is 19.7. The van der Waals surface area contributed by atoms with Gasteiger partial charge in [0.1, 0.15) is 5.82 Å². The van der Waals surface area contributed by atoms with Crippen LogP contribution in [0.1, 0.15) is 41.2 Å².